The second kappa shape index (κ2) is 6.64. The van der Waals surface area contributed by atoms with Crippen LogP contribution in [0.2, 0.25) is 0 Å². The molecule has 0 spiro atoms. The summed E-state index contributed by atoms with van der Waals surface area (Å²) in [4.78, 5) is 16.5. The minimum Gasteiger partial charge on any atom is -0.381 e. The average Bonchev–Trinajstić information content (AvgIpc) is 3.01. The van der Waals surface area contributed by atoms with E-state index in [-0.39, 0.29) is 0 Å². The van der Waals surface area contributed by atoms with Gasteiger partial charge in [0.25, 0.3) is 0 Å². The highest BCUT2D eigenvalue weighted by molar-refractivity contribution is 5.75. The van der Waals surface area contributed by atoms with Gasteiger partial charge in [0.2, 0.25) is 0 Å². The number of nitrogens with zero attached hydrogens (tertiary/aromatic N) is 6. The summed E-state index contributed by atoms with van der Waals surface area (Å²) in [5.74, 6) is 3.47. The van der Waals surface area contributed by atoms with Crippen molar-refractivity contribution in [1.82, 2.24) is 24.7 Å². The fraction of sp³-hybridized carbons (Fsp3) is 0.474. The lowest BCUT2D eigenvalue weighted by molar-refractivity contribution is 0.0835. The van der Waals surface area contributed by atoms with Gasteiger partial charge in [-0.3, -0.25) is 4.98 Å². The molecule has 0 radical (unpaired) electrons. The fourth-order valence-corrected chi connectivity index (χ4v) is 3.78. The summed E-state index contributed by atoms with van der Waals surface area (Å²) < 4.78 is 7.54. The first-order chi connectivity index (χ1) is 12.9. The normalized spacial score (nSPS) is 18.7. The Hall–Kier alpha value is -2.54. The molecule has 0 N–H and O–H groups in total. The molecule has 134 valence electrons. The molecule has 7 nitrogen and oxygen atoms in total. The molecule has 26 heavy (non-hydrogen) atoms. The number of aromatic nitrogens is 5. The highest BCUT2D eigenvalue weighted by atomic mass is 16.5. The van der Waals surface area contributed by atoms with E-state index in [0.717, 1.165) is 80.6 Å². The first-order valence-corrected chi connectivity index (χ1v) is 9.35. The molecular weight excluding hydrogens is 328 g/mol. The zero-order valence-corrected chi connectivity index (χ0v) is 14.7. The maximum atomic E-state index is 5.45. The van der Waals surface area contributed by atoms with Gasteiger partial charge in [-0.2, -0.15) is 5.10 Å². The molecule has 0 atom stereocenters. The lowest BCUT2D eigenvalue weighted by Crippen LogP contribution is -2.28. The predicted octanol–water partition coefficient (Wildman–Crippen LogP) is 2.18. The van der Waals surface area contributed by atoms with Crippen molar-refractivity contribution in [2.24, 2.45) is 0 Å². The molecule has 2 aliphatic heterocycles. The Morgan fingerprint density at radius 3 is 2.69 bits per heavy atom. The third-order valence-corrected chi connectivity index (χ3v) is 5.30. The number of hydrogen-bond acceptors (Lipinski definition) is 6. The second-order valence-electron chi connectivity index (χ2n) is 6.95. The summed E-state index contributed by atoms with van der Waals surface area (Å²) in [5.41, 5.74) is 1.87. The Kier molecular flexibility index (Phi) is 4.01. The molecule has 3 aromatic rings. The van der Waals surface area contributed by atoms with Crippen molar-refractivity contribution in [3.8, 4) is 0 Å². The molecule has 4 heterocycles. The topological polar surface area (TPSA) is 69.0 Å². The molecule has 2 aromatic heterocycles. The molecule has 2 aliphatic rings. The average molecular weight is 350 g/mol. The first kappa shape index (κ1) is 15.7. The molecule has 1 aromatic carbocycles. The van der Waals surface area contributed by atoms with E-state index in [1.165, 1.54) is 0 Å². The molecule has 0 amide bonds. The van der Waals surface area contributed by atoms with Gasteiger partial charge in [0.15, 0.2) is 5.82 Å². The van der Waals surface area contributed by atoms with Crippen LogP contribution in [0.1, 0.15) is 30.4 Å². The number of hydrogen-bond donors (Lipinski definition) is 0. The Balaban J connectivity index is 1.34. The van der Waals surface area contributed by atoms with Crippen LogP contribution in [0.25, 0.3) is 11.0 Å². The standard InChI is InChI=1S/C19H22N6O/c1-2-4-16-15(3-1)20-13-18(21-16)24-8-5-17-22-19(23-25(17)10-9-24)14-6-11-26-12-7-14/h1-4,13-14H,5-12H2. The number of rotatable bonds is 2. The summed E-state index contributed by atoms with van der Waals surface area (Å²) in [5, 5.41) is 4.80. The smallest absolute Gasteiger partial charge is 0.154 e. The Labute approximate surface area is 152 Å². The van der Waals surface area contributed by atoms with Gasteiger partial charge in [-0.15, -0.1) is 0 Å². The maximum Gasteiger partial charge on any atom is 0.154 e. The molecule has 0 saturated carbocycles. The lowest BCUT2D eigenvalue weighted by atomic mass is 10.00. The number of fused-ring (bicyclic) bond motifs is 2. The van der Waals surface area contributed by atoms with Crippen LogP contribution < -0.4 is 4.90 Å². The zero-order chi connectivity index (χ0) is 17.3. The minimum atomic E-state index is 0.450. The van der Waals surface area contributed by atoms with E-state index in [2.05, 4.69) is 14.6 Å². The van der Waals surface area contributed by atoms with E-state index >= 15 is 0 Å². The van der Waals surface area contributed by atoms with Gasteiger partial charge < -0.3 is 9.64 Å². The van der Waals surface area contributed by atoms with E-state index in [4.69, 9.17) is 19.8 Å². The molecule has 0 aliphatic carbocycles. The van der Waals surface area contributed by atoms with E-state index < -0.39 is 0 Å². The van der Waals surface area contributed by atoms with Gasteiger partial charge in [0, 0.05) is 38.6 Å². The van der Waals surface area contributed by atoms with E-state index in [0.29, 0.717) is 5.92 Å². The maximum absolute atomic E-state index is 5.45. The summed E-state index contributed by atoms with van der Waals surface area (Å²) in [6.45, 7) is 4.24. The largest absolute Gasteiger partial charge is 0.381 e. The number of para-hydroxylation sites is 2. The second-order valence-corrected chi connectivity index (χ2v) is 6.95. The SMILES string of the molecule is c1ccc2nc(N3CCc4nc(C5CCOCC5)nn4CC3)cnc2c1. The summed E-state index contributed by atoms with van der Waals surface area (Å²) in [6.07, 6.45) is 4.81. The Bertz CT molecular complexity index is 892. The minimum absolute atomic E-state index is 0.450. The molecule has 0 bridgehead atoms. The third-order valence-electron chi connectivity index (χ3n) is 5.30. The van der Waals surface area contributed by atoms with Crippen molar-refractivity contribution in [2.75, 3.05) is 31.2 Å². The number of anilines is 1. The van der Waals surface area contributed by atoms with Crippen LogP contribution in [0.5, 0.6) is 0 Å². The Morgan fingerprint density at radius 2 is 1.81 bits per heavy atom. The molecule has 5 rings (SSSR count). The fourth-order valence-electron chi connectivity index (χ4n) is 3.78. The van der Waals surface area contributed by atoms with Gasteiger partial charge in [-0.05, 0) is 25.0 Å². The van der Waals surface area contributed by atoms with Crippen molar-refractivity contribution in [1.29, 1.82) is 0 Å². The quantitative estimate of drug-likeness (QED) is 0.706. The molecule has 1 saturated heterocycles. The van der Waals surface area contributed by atoms with Crippen molar-refractivity contribution in [3.63, 3.8) is 0 Å². The Morgan fingerprint density at radius 1 is 0.962 bits per heavy atom. The van der Waals surface area contributed by atoms with Crippen LogP contribution in [-0.4, -0.2) is 51.0 Å². The van der Waals surface area contributed by atoms with Gasteiger partial charge in [-0.25, -0.2) is 14.6 Å². The predicted molar refractivity (Wildman–Crippen MR) is 98.3 cm³/mol. The summed E-state index contributed by atoms with van der Waals surface area (Å²) in [7, 11) is 0. The van der Waals surface area contributed by atoms with Crippen LogP contribution in [-0.2, 0) is 17.7 Å². The summed E-state index contributed by atoms with van der Waals surface area (Å²) >= 11 is 0. The van der Waals surface area contributed by atoms with Crippen molar-refractivity contribution in [2.45, 2.75) is 31.7 Å². The van der Waals surface area contributed by atoms with Crippen LogP contribution in [0.15, 0.2) is 30.5 Å². The molecule has 7 heteroatoms. The third kappa shape index (κ3) is 2.92. The van der Waals surface area contributed by atoms with Crippen molar-refractivity contribution < 1.29 is 4.74 Å². The van der Waals surface area contributed by atoms with E-state index in [1.807, 2.05) is 30.5 Å². The lowest BCUT2D eigenvalue weighted by Gasteiger charge is -2.21. The van der Waals surface area contributed by atoms with Crippen LogP contribution in [0.4, 0.5) is 5.82 Å². The zero-order valence-electron chi connectivity index (χ0n) is 14.7. The summed E-state index contributed by atoms with van der Waals surface area (Å²) in [6, 6.07) is 7.99. The number of benzene rings is 1. The first-order valence-electron chi connectivity index (χ1n) is 9.35. The molecular formula is C19H22N6O. The molecule has 1 fully saturated rings. The van der Waals surface area contributed by atoms with Gasteiger partial charge in [-0.1, -0.05) is 12.1 Å². The van der Waals surface area contributed by atoms with Gasteiger partial charge in [0.05, 0.1) is 23.8 Å². The monoisotopic (exact) mass is 350 g/mol. The van der Waals surface area contributed by atoms with E-state index in [9.17, 15) is 0 Å². The van der Waals surface area contributed by atoms with Gasteiger partial charge >= 0.3 is 0 Å². The molecule has 0 unspecified atom stereocenters. The van der Waals surface area contributed by atoms with Gasteiger partial charge in [0.1, 0.15) is 11.6 Å². The van der Waals surface area contributed by atoms with Crippen molar-refractivity contribution in [3.05, 3.63) is 42.1 Å². The van der Waals surface area contributed by atoms with E-state index in [1.54, 1.807) is 0 Å². The highest BCUT2D eigenvalue weighted by Gasteiger charge is 2.24. The van der Waals surface area contributed by atoms with Crippen LogP contribution >= 0.6 is 0 Å². The number of ether oxygens (including phenoxy) is 1. The van der Waals surface area contributed by atoms with Crippen LogP contribution in [0.3, 0.4) is 0 Å². The highest BCUT2D eigenvalue weighted by Crippen LogP contribution is 2.25. The van der Waals surface area contributed by atoms with Crippen LogP contribution in [0, 0.1) is 0 Å². The van der Waals surface area contributed by atoms with Crippen molar-refractivity contribution >= 4 is 16.9 Å².